The molecule has 1 amide bonds. The van der Waals surface area contributed by atoms with E-state index in [-0.39, 0.29) is 24.2 Å². The molecule has 0 fully saturated rings. The molecule has 7 heteroatoms. The molecule has 1 unspecified atom stereocenters. The SMILES string of the molecule is CCC(CCO)NC(=O)c1cn(CCN)nn1. The minimum atomic E-state index is -0.270. The quantitative estimate of drug-likeness (QED) is 0.575. The average Bonchev–Trinajstić information content (AvgIpc) is 2.77. The van der Waals surface area contributed by atoms with Crippen molar-refractivity contribution in [1.29, 1.82) is 0 Å². The zero-order valence-electron chi connectivity index (χ0n) is 9.96. The Morgan fingerprint density at radius 2 is 2.47 bits per heavy atom. The first-order chi connectivity index (χ1) is 8.21. The van der Waals surface area contributed by atoms with Crippen molar-refractivity contribution in [3.8, 4) is 0 Å². The van der Waals surface area contributed by atoms with Gasteiger partial charge in [0.2, 0.25) is 0 Å². The number of aromatic nitrogens is 3. The Morgan fingerprint density at radius 1 is 1.71 bits per heavy atom. The molecule has 0 aliphatic carbocycles. The largest absolute Gasteiger partial charge is 0.396 e. The van der Waals surface area contributed by atoms with Crippen LogP contribution in [0, 0.1) is 0 Å². The van der Waals surface area contributed by atoms with Crippen LogP contribution < -0.4 is 11.1 Å². The van der Waals surface area contributed by atoms with E-state index in [1.807, 2.05) is 6.92 Å². The topological polar surface area (TPSA) is 106 Å². The van der Waals surface area contributed by atoms with Gasteiger partial charge in [0.1, 0.15) is 0 Å². The van der Waals surface area contributed by atoms with E-state index in [1.165, 1.54) is 4.68 Å². The molecule has 0 saturated carbocycles. The van der Waals surface area contributed by atoms with Gasteiger partial charge in [-0.2, -0.15) is 0 Å². The number of nitrogens with two attached hydrogens (primary N) is 1. The summed E-state index contributed by atoms with van der Waals surface area (Å²) in [6.07, 6.45) is 2.87. The number of aliphatic hydroxyl groups is 1. The van der Waals surface area contributed by atoms with Gasteiger partial charge in [0.05, 0.1) is 12.7 Å². The molecule has 0 aromatic carbocycles. The van der Waals surface area contributed by atoms with E-state index >= 15 is 0 Å². The summed E-state index contributed by atoms with van der Waals surface area (Å²) in [6.45, 7) is 2.99. The van der Waals surface area contributed by atoms with Crippen molar-refractivity contribution in [3.63, 3.8) is 0 Å². The predicted octanol–water partition coefficient (Wildman–Crippen LogP) is -0.872. The molecule has 4 N–H and O–H groups in total. The normalized spacial score (nSPS) is 12.4. The summed E-state index contributed by atoms with van der Waals surface area (Å²) >= 11 is 0. The Labute approximate surface area is 100.0 Å². The lowest BCUT2D eigenvalue weighted by Gasteiger charge is -2.14. The Kier molecular flexibility index (Phi) is 5.58. The molecule has 0 saturated heterocycles. The van der Waals surface area contributed by atoms with Gasteiger partial charge in [-0.25, -0.2) is 0 Å². The number of nitrogens with zero attached hydrogens (tertiary/aromatic N) is 3. The predicted molar refractivity (Wildman–Crippen MR) is 62.3 cm³/mol. The minimum Gasteiger partial charge on any atom is -0.396 e. The summed E-state index contributed by atoms with van der Waals surface area (Å²) in [5.74, 6) is -0.270. The van der Waals surface area contributed by atoms with E-state index < -0.39 is 0 Å². The molecule has 7 nitrogen and oxygen atoms in total. The Balaban J connectivity index is 2.55. The number of nitrogens with one attached hydrogen (secondary N) is 1. The van der Waals surface area contributed by atoms with Crippen molar-refractivity contribution in [2.45, 2.75) is 32.4 Å². The first-order valence-electron chi connectivity index (χ1n) is 5.73. The summed E-state index contributed by atoms with van der Waals surface area (Å²) in [7, 11) is 0. The first kappa shape index (κ1) is 13.6. The Bertz CT molecular complexity index is 352. The van der Waals surface area contributed by atoms with Crippen LogP contribution in [0.2, 0.25) is 0 Å². The van der Waals surface area contributed by atoms with Gasteiger partial charge in [0.25, 0.3) is 5.91 Å². The molecule has 0 aliphatic heterocycles. The maximum absolute atomic E-state index is 11.8. The highest BCUT2D eigenvalue weighted by Crippen LogP contribution is 2.00. The molecule has 1 heterocycles. The molecule has 0 aliphatic rings. The lowest BCUT2D eigenvalue weighted by atomic mass is 10.1. The van der Waals surface area contributed by atoms with Gasteiger partial charge in [-0.05, 0) is 12.8 Å². The van der Waals surface area contributed by atoms with E-state index in [1.54, 1.807) is 6.20 Å². The number of carbonyl (C=O) groups is 1. The van der Waals surface area contributed by atoms with Gasteiger partial charge in [0, 0.05) is 19.2 Å². The Hall–Kier alpha value is -1.47. The van der Waals surface area contributed by atoms with Crippen LogP contribution in [-0.2, 0) is 6.54 Å². The highest BCUT2D eigenvalue weighted by Gasteiger charge is 2.14. The summed E-state index contributed by atoms with van der Waals surface area (Å²) in [5, 5.41) is 19.2. The van der Waals surface area contributed by atoms with Gasteiger partial charge in [-0.15, -0.1) is 5.10 Å². The standard InChI is InChI=1S/C10H19N5O2/c1-2-8(3-6-16)12-10(17)9-7-15(5-4-11)14-13-9/h7-8,16H,2-6,11H2,1H3,(H,12,17). The van der Waals surface area contributed by atoms with E-state index in [0.29, 0.717) is 19.5 Å². The Morgan fingerprint density at radius 3 is 3.06 bits per heavy atom. The second-order valence-corrected chi connectivity index (χ2v) is 3.75. The zero-order chi connectivity index (χ0) is 12.7. The van der Waals surface area contributed by atoms with Crippen LogP contribution >= 0.6 is 0 Å². The molecule has 1 rings (SSSR count). The number of carbonyl (C=O) groups excluding carboxylic acids is 1. The van der Waals surface area contributed by atoms with Crippen LogP contribution in [0.1, 0.15) is 30.3 Å². The smallest absolute Gasteiger partial charge is 0.273 e. The number of hydrogen-bond donors (Lipinski definition) is 3. The fourth-order valence-corrected chi connectivity index (χ4v) is 1.44. The minimum absolute atomic E-state index is 0.0350. The third-order valence-corrected chi connectivity index (χ3v) is 2.44. The van der Waals surface area contributed by atoms with Crippen LogP contribution in [0.25, 0.3) is 0 Å². The first-order valence-corrected chi connectivity index (χ1v) is 5.73. The highest BCUT2D eigenvalue weighted by atomic mass is 16.3. The van der Waals surface area contributed by atoms with Crippen LogP contribution in [0.15, 0.2) is 6.20 Å². The van der Waals surface area contributed by atoms with Crippen molar-refractivity contribution in [2.24, 2.45) is 5.73 Å². The maximum atomic E-state index is 11.8. The molecule has 0 bridgehead atoms. The monoisotopic (exact) mass is 241 g/mol. The van der Waals surface area contributed by atoms with Crippen LogP contribution in [0.3, 0.4) is 0 Å². The molecule has 17 heavy (non-hydrogen) atoms. The van der Waals surface area contributed by atoms with Gasteiger partial charge in [-0.1, -0.05) is 12.1 Å². The lowest BCUT2D eigenvalue weighted by molar-refractivity contribution is 0.0924. The van der Waals surface area contributed by atoms with Crippen LogP contribution in [0.4, 0.5) is 0 Å². The molecular weight excluding hydrogens is 222 g/mol. The second-order valence-electron chi connectivity index (χ2n) is 3.75. The van der Waals surface area contributed by atoms with Gasteiger partial charge < -0.3 is 16.2 Å². The molecular formula is C10H19N5O2. The van der Waals surface area contributed by atoms with Gasteiger partial charge in [0.15, 0.2) is 5.69 Å². The molecule has 1 aromatic rings. The van der Waals surface area contributed by atoms with E-state index in [2.05, 4.69) is 15.6 Å². The van der Waals surface area contributed by atoms with Crippen LogP contribution in [-0.4, -0.2) is 45.2 Å². The third-order valence-electron chi connectivity index (χ3n) is 2.44. The summed E-state index contributed by atoms with van der Waals surface area (Å²) < 4.78 is 1.53. The van der Waals surface area contributed by atoms with Crippen molar-refractivity contribution < 1.29 is 9.90 Å². The molecule has 0 radical (unpaired) electrons. The van der Waals surface area contributed by atoms with E-state index in [9.17, 15) is 4.79 Å². The fraction of sp³-hybridized carbons (Fsp3) is 0.700. The lowest BCUT2D eigenvalue weighted by Crippen LogP contribution is -2.35. The molecule has 96 valence electrons. The molecule has 1 aromatic heterocycles. The zero-order valence-corrected chi connectivity index (χ0v) is 9.96. The van der Waals surface area contributed by atoms with Gasteiger partial charge >= 0.3 is 0 Å². The third kappa shape index (κ3) is 4.12. The summed E-state index contributed by atoms with van der Waals surface area (Å²) in [4.78, 5) is 11.8. The maximum Gasteiger partial charge on any atom is 0.273 e. The van der Waals surface area contributed by atoms with Gasteiger partial charge in [-0.3, -0.25) is 9.48 Å². The van der Waals surface area contributed by atoms with Crippen molar-refractivity contribution in [1.82, 2.24) is 20.3 Å². The van der Waals surface area contributed by atoms with Crippen LogP contribution in [0.5, 0.6) is 0 Å². The summed E-state index contributed by atoms with van der Waals surface area (Å²) in [6, 6.07) is -0.0350. The molecule has 1 atom stereocenters. The second kappa shape index (κ2) is 6.97. The molecule has 0 spiro atoms. The number of rotatable bonds is 7. The van der Waals surface area contributed by atoms with E-state index in [4.69, 9.17) is 10.8 Å². The highest BCUT2D eigenvalue weighted by molar-refractivity contribution is 5.92. The van der Waals surface area contributed by atoms with Crippen molar-refractivity contribution in [3.05, 3.63) is 11.9 Å². The number of hydrogen-bond acceptors (Lipinski definition) is 5. The number of amides is 1. The number of aliphatic hydroxyl groups excluding tert-OH is 1. The van der Waals surface area contributed by atoms with Crippen molar-refractivity contribution >= 4 is 5.91 Å². The van der Waals surface area contributed by atoms with E-state index in [0.717, 1.165) is 6.42 Å². The summed E-state index contributed by atoms with van der Waals surface area (Å²) in [5.41, 5.74) is 5.64. The van der Waals surface area contributed by atoms with Crippen molar-refractivity contribution in [2.75, 3.05) is 13.2 Å². The fourth-order valence-electron chi connectivity index (χ4n) is 1.44. The average molecular weight is 241 g/mol.